The summed E-state index contributed by atoms with van der Waals surface area (Å²) in [5, 5.41) is 6.71. The first-order chi connectivity index (χ1) is 6.36. The quantitative estimate of drug-likeness (QED) is 0.682. The molecule has 0 atom stereocenters. The molecule has 0 aromatic carbocycles. The fourth-order valence-electron chi connectivity index (χ4n) is 1.39. The molecule has 0 fully saturated rings. The molecule has 1 aromatic rings. The van der Waals surface area contributed by atoms with Crippen LogP contribution in [0.4, 0.5) is 5.00 Å². The van der Waals surface area contributed by atoms with Crippen LogP contribution in [0.15, 0.2) is 11.4 Å². The van der Waals surface area contributed by atoms with E-state index in [1.165, 1.54) is 42.7 Å². The highest BCUT2D eigenvalue weighted by atomic mass is 32.1. The van der Waals surface area contributed by atoms with Gasteiger partial charge in [0.2, 0.25) is 0 Å². The van der Waals surface area contributed by atoms with Gasteiger partial charge in [0.25, 0.3) is 0 Å². The largest absolute Gasteiger partial charge is 0.380 e. The van der Waals surface area contributed by atoms with E-state index in [0.717, 1.165) is 0 Å². The third kappa shape index (κ3) is 3.81. The number of thiophene rings is 1. The van der Waals surface area contributed by atoms with E-state index >= 15 is 0 Å². The van der Waals surface area contributed by atoms with E-state index in [0.29, 0.717) is 0 Å². The molecule has 0 saturated heterocycles. The van der Waals surface area contributed by atoms with Crippen LogP contribution in [0.2, 0.25) is 0 Å². The van der Waals surface area contributed by atoms with Crippen LogP contribution in [0, 0.1) is 0 Å². The minimum Gasteiger partial charge on any atom is -0.380 e. The third-order valence-corrected chi connectivity index (χ3v) is 3.22. The van der Waals surface area contributed by atoms with Crippen LogP contribution >= 0.6 is 11.3 Å². The van der Waals surface area contributed by atoms with Gasteiger partial charge in [-0.05, 0) is 29.9 Å². The molecule has 0 aliphatic heterocycles. The monoisotopic (exact) mass is 197 g/mol. The molecular weight excluding hydrogens is 178 g/mol. The van der Waals surface area contributed by atoms with Gasteiger partial charge < -0.3 is 5.32 Å². The molecule has 0 amide bonds. The van der Waals surface area contributed by atoms with Gasteiger partial charge in [0, 0.05) is 7.05 Å². The second kappa shape index (κ2) is 6.03. The summed E-state index contributed by atoms with van der Waals surface area (Å²) in [6.45, 7) is 2.25. The zero-order valence-electron chi connectivity index (χ0n) is 8.60. The molecule has 1 rings (SSSR count). The minimum absolute atomic E-state index is 1.25. The van der Waals surface area contributed by atoms with Gasteiger partial charge in [-0.1, -0.05) is 26.2 Å². The summed E-state index contributed by atoms with van der Waals surface area (Å²) in [5.41, 5.74) is 1.49. The van der Waals surface area contributed by atoms with E-state index in [2.05, 4.69) is 23.7 Å². The molecular formula is C11H19NS. The van der Waals surface area contributed by atoms with Crippen LogP contribution in [0.25, 0.3) is 0 Å². The fourth-order valence-corrected chi connectivity index (χ4v) is 2.20. The molecule has 0 radical (unpaired) electrons. The standard InChI is InChI=1S/C11H19NS/c1-3-4-5-6-7-10-8-11(12-2)13-9-10/h8-9,12H,3-7H2,1-2H3. The Kier molecular flexibility index (Phi) is 4.91. The van der Waals surface area contributed by atoms with Gasteiger partial charge in [0.05, 0.1) is 5.00 Å². The van der Waals surface area contributed by atoms with Crippen molar-refractivity contribution in [1.82, 2.24) is 0 Å². The molecule has 0 aliphatic rings. The van der Waals surface area contributed by atoms with Crippen molar-refractivity contribution >= 4 is 16.3 Å². The molecule has 0 spiro atoms. The Hall–Kier alpha value is -0.500. The van der Waals surface area contributed by atoms with Crippen LogP contribution in [0.1, 0.15) is 38.2 Å². The third-order valence-electron chi connectivity index (χ3n) is 2.22. The van der Waals surface area contributed by atoms with Crippen molar-refractivity contribution in [3.63, 3.8) is 0 Å². The smallest absolute Gasteiger partial charge is 0.0882 e. The van der Waals surface area contributed by atoms with Crippen molar-refractivity contribution in [3.8, 4) is 0 Å². The lowest BCUT2D eigenvalue weighted by molar-refractivity contribution is 0.667. The number of hydrogen-bond donors (Lipinski definition) is 1. The Bertz CT molecular complexity index is 230. The Morgan fingerprint density at radius 1 is 1.31 bits per heavy atom. The Morgan fingerprint density at radius 2 is 2.15 bits per heavy atom. The Morgan fingerprint density at radius 3 is 2.77 bits per heavy atom. The lowest BCUT2D eigenvalue weighted by Crippen LogP contribution is -1.84. The first-order valence-corrected chi connectivity index (χ1v) is 6.00. The molecule has 0 bridgehead atoms. The van der Waals surface area contributed by atoms with E-state index in [9.17, 15) is 0 Å². The van der Waals surface area contributed by atoms with Crippen LogP contribution in [0.3, 0.4) is 0 Å². The molecule has 1 nitrogen and oxygen atoms in total. The van der Waals surface area contributed by atoms with Gasteiger partial charge in [-0.3, -0.25) is 0 Å². The molecule has 0 unspecified atom stereocenters. The first-order valence-electron chi connectivity index (χ1n) is 5.12. The lowest BCUT2D eigenvalue weighted by Gasteiger charge is -1.96. The highest BCUT2D eigenvalue weighted by Gasteiger charge is 1.97. The molecule has 74 valence electrons. The van der Waals surface area contributed by atoms with Gasteiger partial charge in [-0.15, -0.1) is 11.3 Å². The molecule has 1 aromatic heterocycles. The van der Waals surface area contributed by atoms with Crippen molar-refractivity contribution in [1.29, 1.82) is 0 Å². The fraction of sp³-hybridized carbons (Fsp3) is 0.636. The van der Waals surface area contributed by atoms with Crippen LogP contribution < -0.4 is 5.32 Å². The minimum atomic E-state index is 1.25. The number of rotatable bonds is 6. The maximum atomic E-state index is 3.17. The van der Waals surface area contributed by atoms with E-state index in [1.54, 1.807) is 11.3 Å². The highest BCUT2D eigenvalue weighted by Crippen LogP contribution is 2.21. The van der Waals surface area contributed by atoms with Crippen molar-refractivity contribution < 1.29 is 0 Å². The van der Waals surface area contributed by atoms with Gasteiger partial charge in [-0.25, -0.2) is 0 Å². The van der Waals surface area contributed by atoms with Crippen LogP contribution in [-0.2, 0) is 6.42 Å². The maximum Gasteiger partial charge on any atom is 0.0882 e. The van der Waals surface area contributed by atoms with E-state index in [-0.39, 0.29) is 0 Å². The van der Waals surface area contributed by atoms with Gasteiger partial charge in [0.15, 0.2) is 0 Å². The average molecular weight is 197 g/mol. The Balaban J connectivity index is 2.20. The lowest BCUT2D eigenvalue weighted by atomic mass is 10.1. The predicted molar refractivity (Wildman–Crippen MR) is 61.7 cm³/mol. The molecule has 2 heteroatoms. The number of anilines is 1. The summed E-state index contributed by atoms with van der Waals surface area (Å²) in [4.78, 5) is 0. The van der Waals surface area contributed by atoms with E-state index in [1.807, 2.05) is 7.05 Å². The molecule has 0 aliphatic carbocycles. The van der Waals surface area contributed by atoms with Crippen molar-refractivity contribution in [2.75, 3.05) is 12.4 Å². The summed E-state index contributed by atoms with van der Waals surface area (Å²) in [6, 6.07) is 2.26. The second-order valence-corrected chi connectivity index (χ2v) is 4.29. The van der Waals surface area contributed by atoms with Crippen molar-refractivity contribution in [2.24, 2.45) is 0 Å². The number of nitrogens with one attached hydrogen (secondary N) is 1. The van der Waals surface area contributed by atoms with Crippen molar-refractivity contribution in [2.45, 2.75) is 39.0 Å². The summed E-state index contributed by atoms with van der Waals surface area (Å²) in [7, 11) is 1.98. The number of unbranched alkanes of at least 4 members (excludes halogenated alkanes) is 3. The summed E-state index contributed by atoms with van der Waals surface area (Å²) < 4.78 is 0. The second-order valence-electron chi connectivity index (χ2n) is 3.38. The van der Waals surface area contributed by atoms with Gasteiger partial charge in [-0.2, -0.15) is 0 Å². The number of hydrogen-bond acceptors (Lipinski definition) is 2. The molecule has 1 heterocycles. The zero-order valence-corrected chi connectivity index (χ0v) is 9.41. The normalized spacial score (nSPS) is 10.3. The summed E-state index contributed by atoms with van der Waals surface area (Å²) in [6.07, 6.45) is 6.67. The summed E-state index contributed by atoms with van der Waals surface area (Å²) in [5.74, 6) is 0. The average Bonchev–Trinajstić information content (AvgIpc) is 2.60. The molecule has 1 N–H and O–H groups in total. The van der Waals surface area contributed by atoms with Gasteiger partial charge >= 0.3 is 0 Å². The topological polar surface area (TPSA) is 12.0 Å². The van der Waals surface area contributed by atoms with Gasteiger partial charge in [0.1, 0.15) is 0 Å². The summed E-state index contributed by atoms with van der Waals surface area (Å²) >= 11 is 1.80. The Labute approximate surface area is 85.2 Å². The van der Waals surface area contributed by atoms with E-state index in [4.69, 9.17) is 0 Å². The first kappa shape index (κ1) is 10.6. The zero-order chi connectivity index (χ0) is 9.52. The highest BCUT2D eigenvalue weighted by molar-refractivity contribution is 7.14. The number of aryl methyl sites for hydroxylation is 1. The predicted octanol–water partition coefficient (Wildman–Crippen LogP) is 3.91. The van der Waals surface area contributed by atoms with Crippen LogP contribution in [0.5, 0.6) is 0 Å². The molecule has 13 heavy (non-hydrogen) atoms. The maximum absolute atomic E-state index is 3.17. The van der Waals surface area contributed by atoms with E-state index < -0.39 is 0 Å². The molecule has 0 saturated carbocycles. The van der Waals surface area contributed by atoms with Crippen molar-refractivity contribution in [3.05, 3.63) is 17.0 Å². The SMILES string of the molecule is CCCCCCc1csc(NC)c1. The van der Waals surface area contributed by atoms with Crippen LogP contribution in [-0.4, -0.2) is 7.05 Å².